The van der Waals surface area contributed by atoms with Crippen molar-refractivity contribution in [3.63, 3.8) is 0 Å². The van der Waals surface area contributed by atoms with Crippen molar-refractivity contribution >= 4 is 23.1 Å². The lowest BCUT2D eigenvalue weighted by Crippen LogP contribution is -2.32. The third-order valence-electron chi connectivity index (χ3n) is 2.51. The zero-order chi connectivity index (χ0) is 12.3. The van der Waals surface area contributed by atoms with E-state index in [9.17, 15) is 4.79 Å². The Balaban J connectivity index is 2.90. The van der Waals surface area contributed by atoms with Gasteiger partial charge in [-0.05, 0) is 26.0 Å². The third-order valence-corrected chi connectivity index (χ3v) is 2.75. The number of carbonyl (C=O) groups is 1. The minimum atomic E-state index is 0.00416. The van der Waals surface area contributed by atoms with Gasteiger partial charge in [-0.3, -0.25) is 4.79 Å². The van der Waals surface area contributed by atoms with Crippen LogP contribution in [0.2, 0.25) is 0 Å². The normalized spacial score (nSPS) is 10.2. The maximum Gasteiger partial charge on any atom is 0.253 e. The van der Waals surface area contributed by atoms with Gasteiger partial charge in [0.2, 0.25) is 0 Å². The Kier molecular flexibility index (Phi) is 4.01. The van der Waals surface area contributed by atoms with E-state index in [1.54, 1.807) is 36.2 Å². The molecule has 1 amide bonds. The van der Waals surface area contributed by atoms with Gasteiger partial charge in [-0.15, -0.1) is 0 Å². The smallest absolute Gasteiger partial charge is 0.253 e. The van der Waals surface area contributed by atoms with E-state index in [2.05, 4.69) is 0 Å². The highest BCUT2D eigenvalue weighted by Gasteiger charge is 2.13. The summed E-state index contributed by atoms with van der Waals surface area (Å²) < 4.78 is 0. The van der Waals surface area contributed by atoms with Crippen molar-refractivity contribution in [1.82, 2.24) is 4.90 Å². The summed E-state index contributed by atoms with van der Waals surface area (Å²) in [6.45, 7) is 3.95. The van der Waals surface area contributed by atoms with Gasteiger partial charge in [0, 0.05) is 24.2 Å². The topological polar surface area (TPSA) is 46.3 Å². The maximum atomic E-state index is 11.9. The number of carbonyl (C=O) groups excluding carboxylic acids is 1. The number of hydrogen-bond donors (Lipinski definition) is 1. The van der Waals surface area contributed by atoms with E-state index in [-0.39, 0.29) is 11.9 Å². The summed E-state index contributed by atoms with van der Waals surface area (Å²) in [5.74, 6) is 0.00416. The molecule has 0 fully saturated rings. The molecule has 0 heterocycles. The van der Waals surface area contributed by atoms with Gasteiger partial charge in [-0.2, -0.15) is 0 Å². The average Bonchev–Trinajstić information content (AvgIpc) is 2.27. The Labute approximate surface area is 101 Å². The Morgan fingerprint density at radius 2 is 1.69 bits per heavy atom. The van der Waals surface area contributed by atoms with E-state index in [1.807, 2.05) is 13.8 Å². The molecule has 0 atom stereocenters. The van der Waals surface area contributed by atoms with Crippen LogP contribution in [0, 0.1) is 0 Å². The van der Waals surface area contributed by atoms with Crippen LogP contribution in [0.5, 0.6) is 0 Å². The number of hydrogen-bond acceptors (Lipinski definition) is 2. The van der Waals surface area contributed by atoms with Gasteiger partial charge in [-0.1, -0.05) is 24.4 Å². The van der Waals surface area contributed by atoms with Crippen molar-refractivity contribution in [2.75, 3.05) is 7.05 Å². The fourth-order valence-corrected chi connectivity index (χ4v) is 1.35. The van der Waals surface area contributed by atoms with Crippen molar-refractivity contribution in [3.8, 4) is 0 Å². The lowest BCUT2D eigenvalue weighted by Gasteiger charge is -2.21. The highest BCUT2D eigenvalue weighted by molar-refractivity contribution is 7.80. The fraction of sp³-hybridized carbons (Fsp3) is 0.333. The first-order valence-corrected chi connectivity index (χ1v) is 5.51. The summed E-state index contributed by atoms with van der Waals surface area (Å²) in [5, 5.41) is 0. The minimum absolute atomic E-state index is 0.00416. The molecule has 0 aliphatic heterocycles. The first-order chi connectivity index (χ1) is 7.43. The quantitative estimate of drug-likeness (QED) is 0.814. The first kappa shape index (κ1) is 12.6. The van der Waals surface area contributed by atoms with Gasteiger partial charge < -0.3 is 10.6 Å². The van der Waals surface area contributed by atoms with Crippen LogP contribution in [0.15, 0.2) is 24.3 Å². The number of nitrogens with two attached hydrogens (primary N) is 1. The molecule has 0 aliphatic carbocycles. The van der Waals surface area contributed by atoms with Crippen LogP contribution in [0.3, 0.4) is 0 Å². The second kappa shape index (κ2) is 5.07. The first-order valence-electron chi connectivity index (χ1n) is 5.10. The van der Waals surface area contributed by atoms with E-state index in [0.29, 0.717) is 10.6 Å². The largest absolute Gasteiger partial charge is 0.389 e. The lowest BCUT2D eigenvalue weighted by atomic mass is 10.1. The van der Waals surface area contributed by atoms with Gasteiger partial charge in [0.05, 0.1) is 0 Å². The Bertz CT molecular complexity index is 398. The molecule has 0 unspecified atom stereocenters. The third kappa shape index (κ3) is 2.79. The van der Waals surface area contributed by atoms with Gasteiger partial charge in [0.15, 0.2) is 0 Å². The molecule has 1 aromatic carbocycles. The second-order valence-corrected chi connectivity index (χ2v) is 4.39. The number of benzene rings is 1. The zero-order valence-corrected chi connectivity index (χ0v) is 10.5. The Hall–Kier alpha value is -1.42. The monoisotopic (exact) mass is 236 g/mol. The van der Waals surface area contributed by atoms with Crippen LogP contribution in [0.4, 0.5) is 0 Å². The van der Waals surface area contributed by atoms with Gasteiger partial charge in [0.1, 0.15) is 4.99 Å². The van der Waals surface area contributed by atoms with E-state index in [1.165, 1.54) is 0 Å². The van der Waals surface area contributed by atoms with Crippen LogP contribution in [-0.2, 0) is 0 Å². The van der Waals surface area contributed by atoms with Gasteiger partial charge >= 0.3 is 0 Å². The molecule has 4 heteroatoms. The molecule has 1 rings (SSSR count). The van der Waals surface area contributed by atoms with E-state index in [4.69, 9.17) is 18.0 Å². The van der Waals surface area contributed by atoms with Gasteiger partial charge in [0.25, 0.3) is 5.91 Å². The van der Waals surface area contributed by atoms with Crippen LogP contribution < -0.4 is 5.73 Å². The predicted molar refractivity (Wildman–Crippen MR) is 69.6 cm³/mol. The maximum absolute atomic E-state index is 11.9. The summed E-state index contributed by atoms with van der Waals surface area (Å²) in [6.07, 6.45) is 0. The second-order valence-electron chi connectivity index (χ2n) is 3.95. The minimum Gasteiger partial charge on any atom is -0.389 e. The number of thiocarbonyl (C=S) groups is 1. The molecule has 86 valence electrons. The molecule has 0 spiro atoms. The van der Waals surface area contributed by atoms with Gasteiger partial charge in [-0.25, -0.2) is 0 Å². The highest BCUT2D eigenvalue weighted by atomic mass is 32.1. The molecule has 0 saturated heterocycles. The molecule has 0 saturated carbocycles. The number of rotatable bonds is 3. The number of nitrogens with zero attached hydrogens (tertiary/aromatic N) is 1. The van der Waals surface area contributed by atoms with E-state index < -0.39 is 0 Å². The predicted octanol–water partition coefficient (Wildman–Crippen LogP) is 1.80. The summed E-state index contributed by atoms with van der Waals surface area (Å²) in [5.41, 5.74) is 6.91. The van der Waals surface area contributed by atoms with E-state index in [0.717, 1.165) is 5.56 Å². The van der Waals surface area contributed by atoms with Crippen molar-refractivity contribution < 1.29 is 4.79 Å². The Morgan fingerprint density at radius 1 is 1.25 bits per heavy atom. The molecular weight excluding hydrogens is 220 g/mol. The molecule has 1 aromatic rings. The SMILES string of the molecule is CC(C)N(C)C(=O)c1ccc(C(N)=S)cc1. The van der Waals surface area contributed by atoms with Crippen molar-refractivity contribution in [2.24, 2.45) is 5.73 Å². The van der Waals surface area contributed by atoms with Crippen LogP contribution >= 0.6 is 12.2 Å². The van der Waals surface area contributed by atoms with Crippen LogP contribution in [0.1, 0.15) is 29.8 Å². The van der Waals surface area contributed by atoms with Crippen molar-refractivity contribution in [1.29, 1.82) is 0 Å². The molecule has 0 bridgehead atoms. The molecule has 0 radical (unpaired) electrons. The van der Waals surface area contributed by atoms with Crippen molar-refractivity contribution in [2.45, 2.75) is 19.9 Å². The summed E-state index contributed by atoms with van der Waals surface area (Å²) >= 11 is 4.85. The van der Waals surface area contributed by atoms with Crippen molar-refractivity contribution in [3.05, 3.63) is 35.4 Å². The van der Waals surface area contributed by atoms with Crippen LogP contribution in [0.25, 0.3) is 0 Å². The standard InChI is InChI=1S/C12H16N2OS/c1-8(2)14(3)12(15)10-6-4-9(5-7-10)11(13)16/h4-8H,1-3H3,(H2,13,16). The summed E-state index contributed by atoms with van der Waals surface area (Å²) in [6, 6.07) is 7.21. The van der Waals surface area contributed by atoms with E-state index >= 15 is 0 Å². The Morgan fingerprint density at radius 3 is 2.06 bits per heavy atom. The fourth-order valence-electron chi connectivity index (χ4n) is 1.22. The summed E-state index contributed by atoms with van der Waals surface area (Å²) in [4.78, 5) is 14.0. The molecule has 3 nitrogen and oxygen atoms in total. The zero-order valence-electron chi connectivity index (χ0n) is 9.73. The molecule has 0 aliphatic rings. The molecule has 2 N–H and O–H groups in total. The average molecular weight is 236 g/mol. The highest BCUT2D eigenvalue weighted by Crippen LogP contribution is 2.08. The molecule has 0 aromatic heterocycles. The molecular formula is C12H16N2OS. The lowest BCUT2D eigenvalue weighted by molar-refractivity contribution is 0.0755. The van der Waals surface area contributed by atoms with Crippen LogP contribution in [-0.4, -0.2) is 28.9 Å². The summed E-state index contributed by atoms with van der Waals surface area (Å²) in [7, 11) is 1.79. The number of amides is 1. The molecule has 16 heavy (non-hydrogen) atoms.